The molecule has 0 atom stereocenters. The van der Waals surface area contributed by atoms with Crippen LogP contribution in [0, 0.1) is 13.8 Å². The van der Waals surface area contributed by atoms with Crippen molar-refractivity contribution in [2.45, 2.75) is 33.2 Å². The number of furan rings is 1. The molecular weight excluding hydrogens is 354 g/mol. The fourth-order valence-corrected chi connectivity index (χ4v) is 4.06. The van der Waals surface area contributed by atoms with Crippen LogP contribution in [0.5, 0.6) is 0 Å². The lowest BCUT2D eigenvalue weighted by Crippen LogP contribution is -2.37. The Bertz CT molecular complexity index is 1170. The van der Waals surface area contributed by atoms with Gasteiger partial charge in [0.2, 0.25) is 5.91 Å². The van der Waals surface area contributed by atoms with Crippen molar-refractivity contribution < 1.29 is 9.21 Å². The van der Waals surface area contributed by atoms with Crippen LogP contribution in [0.2, 0.25) is 0 Å². The number of aryl methyl sites for hydroxylation is 2. The molecule has 5 rings (SSSR count). The van der Waals surface area contributed by atoms with Crippen LogP contribution >= 0.6 is 0 Å². The Balaban J connectivity index is 1.36. The molecule has 28 heavy (non-hydrogen) atoms. The van der Waals surface area contributed by atoms with Crippen molar-refractivity contribution in [1.82, 2.24) is 25.1 Å². The number of carbonyl (C=O) groups excluding carboxylic acids is 1. The number of aromatic amines is 2. The van der Waals surface area contributed by atoms with Crippen molar-refractivity contribution in [2.75, 3.05) is 6.54 Å². The van der Waals surface area contributed by atoms with Crippen molar-refractivity contribution in [1.29, 1.82) is 0 Å². The number of fused-ring (bicyclic) bond motifs is 2. The van der Waals surface area contributed by atoms with Crippen LogP contribution in [-0.2, 0) is 24.2 Å². The fourth-order valence-electron chi connectivity index (χ4n) is 4.06. The number of aromatic nitrogens is 4. The Kier molecular flexibility index (Phi) is 3.82. The van der Waals surface area contributed by atoms with Crippen molar-refractivity contribution >= 4 is 16.9 Å². The maximum absolute atomic E-state index is 13.0. The molecule has 1 aliphatic heterocycles. The zero-order valence-electron chi connectivity index (χ0n) is 15.9. The van der Waals surface area contributed by atoms with Gasteiger partial charge in [0.25, 0.3) is 0 Å². The third-order valence-electron chi connectivity index (χ3n) is 5.39. The first kappa shape index (κ1) is 16.8. The molecule has 0 radical (unpaired) electrons. The normalized spacial score (nSPS) is 13.9. The van der Waals surface area contributed by atoms with Crippen LogP contribution in [0.3, 0.4) is 0 Å². The maximum Gasteiger partial charge on any atom is 0.227 e. The summed E-state index contributed by atoms with van der Waals surface area (Å²) in [5, 5.41) is 7.82. The highest BCUT2D eigenvalue weighted by Gasteiger charge is 2.25. The number of benzene rings is 1. The average Bonchev–Trinajstić information content (AvgIpc) is 3.40. The average molecular weight is 375 g/mol. The van der Waals surface area contributed by atoms with Gasteiger partial charge in [-0.05, 0) is 31.0 Å². The second-order valence-corrected chi connectivity index (χ2v) is 7.46. The topological polar surface area (TPSA) is 90.8 Å². The van der Waals surface area contributed by atoms with Crippen molar-refractivity contribution in [2.24, 2.45) is 0 Å². The molecule has 0 unspecified atom stereocenters. The van der Waals surface area contributed by atoms with Gasteiger partial charge in [-0.2, -0.15) is 5.10 Å². The zero-order chi connectivity index (χ0) is 19.3. The lowest BCUT2D eigenvalue weighted by molar-refractivity contribution is -0.131. The smallest absolute Gasteiger partial charge is 0.227 e. The van der Waals surface area contributed by atoms with Gasteiger partial charge in [-0.3, -0.25) is 9.89 Å². The van der Waals surface area contributed by atoms with Gasteiger partial charge in [-0.15, -0.1) is 0 Å². The Morgan fingerprint density at radius 3 is 3.04 bits per heavy atom. The lowest BCUT2D eigenvalue weighted by atomic mass is 10.0. The van der Waals surface area contributed by atoms with E-state index in [0.29, 0.717) is 19.5 Å². The van der Waals surface area contributed by atoms with Crippen LogP contribution < -0.4 is 0 Å². The number of H-pyrrole nitrogens is 2. The molecule has 3 aromatic heterocycles. The van der Waals surface area contributed by atoms with Crippen LogP contribution in [0.15, 0.2) is 35.2 Å². The molecule has 7 heteroatoms. The first-order chi connectivity index (χ1) is 13.6. The van der Waals surface area contributed by atoms with Crippen LogP contribution in [0.25, 0.3) is 22.4 Å². The van der Waals surface area contributed by atoms with Gasteiger partial charge >= 0.3 is 0 Å². The molecule has 7 nitrogen and oxygen atoms in total. The summed E-state index contributed by atoms with van der Waals surface area (Å²) in [7, 11) is 0. The van der Waals surface area contributed by atoms with E-state index in [9.17, 15) is 4.79 Å². The Hall–Kier alpha value is -3.35. The predicted molar refractivity (Wildman–Crippen MR) is 105 cm³/mol. The molecule has 4 heterocycles. The predicted octanol–water partition coefficient (Wildman–Crippen LogP) is 3.29. The number of imidazole rings is 1. The quantitative estimate of drug-likeness (QED) is 0.575. The molecule has 142 valence electrons. The first-order valence-corrected chi connectivity index (χ1v) is 9.40. The van der Waals surface area contributed by atoms with Crippen molar-refractivity contribution in [3.63, 3.8) is 0 Å². The second-order valence-electron chi connectivity index (χ2n) is 7.46. The number of hydrogen-bond acceptors (Lipinski definition) is 4. The molecule has 0 saturated heterocycles. The minimum Gasteiger partial charge on any atom is -0.464 e. The van der Waals surface area contributed by atoms with Crippen molar-refractivity contribution in [3.8, 4) is 11.4 Å². The van der Waals surface area contributed by atoms with E-state index in [4.69, 9.17) is 4.42 Å². The third kappa shape index (κ3) is 2.79. The minimum absolute atomic E-state index is 0.104. The maximum atomic E-state index is 13.0. The molecule has 0 spiro atoms. The van der Waals surface area contributed by atoms with Gasteiger partial charge in [0.1, 0.15) is 11.4 Å². The summed E-state index contributed by atoms with van der Waals surface area (Å²) < 4.78 is 5.70. The lowest BCUT2D eigenvalue weighted by Gasteiger charge is -2.26. The highest BCUT2D eigenvalue weighted by atomic mass is 16.3. The Morgan fingerprint density at radius 2 is 2.21 bits per heavy atom. The van der Waals surface area contributed by atoms with Gasteiger partial charge in [-0.25, -0.2) is 4.98 Å². The molecule has 1 aromatic carbocycles. The summed E-state index contributed by atoms with van der Waals surface area (Å²) in [6.07, 6.45) is 6.36. The summed E-state index contributed by atoms with van der Waals surface area (Å²) in [5.41, 5.74) is 7.05. The van der Waals surface area contributed by atoms with E-state index in [1.165, 1.54) is 0 Å². The SMILES string of the molecule is Cc1cc(C)c2c(CC(=O)N3CCc4nc(-c5cn[nH]c5)[nH]c4C3)coc2c1. The molecule has 1 aliphatic rings. The monoisotopic (exact) mass is 375 g/mol. The third-order valence-corrected chi connectivity index (χ3v) is 5.39. The largest absolute Gasteiger partial charge is 0.464 e. The first-order valence-electron chi connectivity index (χ1n) is 9.40. The fraction of sp³-hybridized carbons (Fsp3) is 0.286. The number of nitrogens with zero attached hydrogens (tertiary/aromatic N) is 3. The zero-order valence-corrected chi connectivity index (χ0v) is 15.9. The van der Waals surface area contributed by atoms with E-state index in [1.54, 1.807) is 18.7 Å². The van der Waals surface area contributed by atoms with E-state index >= 15 is 0 Å². The van der Waals surface area contributed by atoms with Gasteiger partial charge < -0.3 is 14.3 Å². The summed E-state index contributed by atoms with van der Waals surface area (Å²) in [6, 6.07) is 4.15. The number of hydrogen-bond donors (Lipinski definition) is 2. The van der Waals surface area contributed by atoms with Crippen LogP contribution in [-0.4, -0.2) is 37.5 Å². The molecule has 1 amide bonds. The summed E-state index contributed by atoms with van der Waals surface area (Å²) in [6.45, 7) is 5.34. The number of carbonyl (C=O) groups is 1. The van der Waals surface area contributed by atoms with E-state index in [2.05, 4.69) is 33.2 Å². The standard InChI is InChI=1S/C21H21N5O2/c1-12-5-13(2)20-14(11-28-18(20)6-12)7-19(27)26-4-3-16-17(10-26)25-21(24-16)15-8-22-23-9-15/h5-6,8-9,11H,3-4,7,10H2,1-2H3,(H,22,23)(H,24,25). The van der Waals surface area contributed by atoms with E-state index < -0.39 is 0 Å². The molecule has 4 aromatic rings. The Morgan fingerprint density at radius 1 is 1.32 bits per heavy atom. The van der Waals surface area contributed by atoms with E-state index in [0.717, 1.165) is 56.9 Å². The Labute approximate surface area is 161 Å². The molecular formula is C21H21N5O2. The number of nitrogens with one attached hydrogen (secondary N) is 2. The van der Waals surface area contributed by atoms with Crippen molar-refractivity contribution in [3.05, 3.63) is 58.9 Å². The highest BCUT2D eigenvalue weighted by molar-refractivity contribution is 5.90. The van der Waals surface area contributed by atoms with Crippen LogP contribution in [0.1, 0.15) is 28.1 Å². The van der Waals surface area contributed by atoms with Gasteiger partial charge in [0.15, 0.2) is 0 Å². The highest BCUT2D eigenvalue weighted by Crippen LogP contribution is 2.28. The van der Waals surface area contributed by atoms with Gasteiger partial charge in [0.05, 0.1) is 42.4 Å². The summed E-state index contributed by atoms with van der Waals surface area (Å²) in [4.78, 5) is 22.9. The van der Waals surface area contributed by atoms with Gasteiger partial charge in [-0.1, -0.05) is 6.07 Å². The van der Waals surface area contributed by atoms with E-state index in [1.807, 2.05) is 17.9 Å². The minimum atomic E-state index is 0.104. The molecule has 2 N–H and O–H groups in total. The van der Waals surface area contributed by atoms with Crippen LogP contribution in [0.4, 0.5) is 0 Å². The van der Waals surface area contributed by atoms with Gasteiger partial charge in [0, 0.05) is 30.1 Å². The molecule has 0 saturated carbocycles. The summed E-state index contributed by atoms with van der Waals surface area (Å²) in [5.74, 6) is 0.896. The second kappa shape index (κ2) is 6.37. The number of rotatable bonds is 3. The number of amides is 1. The summed E-state index contributed by atoms with van der Waals surface area (Å²) >= 11 is 0. The van der Waals surface area contributed by atoms with E-state index in [-0.39, 0.29) is 5.91 Å². The molecule has 0 fully saturated rings. The molecule has 0 bridgehead atoms. The molecule has 0 aliphatic carbocycles.